The Hall–Kier alpha value is -4.22. The highest BCUT2D eigenvalue weighted by molar-refractivity contribution is 6.39. The molecule has 1 aliphatic heterocycles. The molecule has 0 atom stereocenters. The van der Waals surface area contributed by atoms with E-state index in [-0.39, 0.29) is 12.3 Å². The molecule has 5 rings (SSSR count). The second kappa shape index (κ2) is 16.3. The van der Waals surface area contributed by atoms with E-state index in [0.717, 1.165) is 59.3 Å². The Balaban J connectivity index is 1.36. The molecular formula is C36H39Cl2N5O5. The van der Waals surface area contributed by atoms with Gasteiger partial charge in [-0.1, -0.05) is 59.6 Å². The van der Waals surface area contributed by atoms with Crippen LogP contribution in [0, 0.1) is 0 Å². The van der Waals surface area contributed by atoms with Crippen LogP contribution in [0.3, 0.4) is 0 Å². The van der Waals surface area contributed by atoms with Crippen LogP contribution in [0.4, 0.5) is 0 Å². The minimum absolute atomic E-state index is 0.0349. The second-order valence-corrected chi connectivity index (χ2v) is 12.3. The number of aliphatic carboxylic acids is 1. The number of carboxylic acid groups (broad SMARTS) is 1. The number of carbonyl (C=O) groups is 2. The third-order valence-corrected chi connectivity index (χ3v) is 9.29. The van der Waals surface area contributed by atoms with Gasteiger partial charge >= 0.3 is 5.97 Å². The van der Waals surface area contributed by atoms with Crippen molar-refractivity contribution in [2.75, 3.05) is 33.9 Å². The lowest BCUT2D eigenvalue weighted by molar-refractivity contribution is -0.137. The first-order chi connectivity index (χ1) is 23.2. The molecule has 10 nitrogen and oxygen atoms in total. The number of pyridine rings is 2. The van der Waals surface area contributed by atoms with Crippen molar-refractivity contribution in [1.29, 1.82) is 0 Å². The number of halogens is 2. The zero-order chi connectivity index (χ0) is 34.2. The zero-order valence-electron chi connectivity index (χ0n) is 27.2. The van der Waals surface area contributed by atoms with Crippen LogP contribution in [0.5, 0.6) is 11.6 Å². The Morgan fingerprint density at radius 1 is 0.938 bits per heavy atom. The molecule has 0 bridgehead atoms. The minimum Gasteiger partial charge on any atom is -0.496 e. The SMILES string of the molecule is COc1cc(-c2nccc(-c3cccc(-c4ccc(CNC5CCN(C(C)=O)CC5)c(OC)n4)c3Cl)c2Cl)ccc1CNCCC(=O)O. The summed E-state index contributed by atoms with van der Waals surface area (Å²) in [5, 5.41) is 16.5. The van der Waals surface area contributed by atoms with Gasteiger partial charge in [-0.2, -0.15) is 0 Å². The van der Waals surface area contributed by atoms with E-state index in [2.05, 4.69) is 15.6 Å². The number of nitrogens with zero attached hydrogens (tertiary/aromatic N) is 3. The smallest absolute Gasteiger partial charge is 0.304 e. The number of hydrogen-bond donors (Lipinski definition) is 3. The molecule has 3 N–H and O–H groups in total. The van der Waals surface area contributed by atoms with E-state index >= 15 is 0 Å². The van der Waals surface area contributed by atoms with Crippen LogP contribution in [0.2, 0.25) is 10.0 Å². The number of methoxy groups -OCH3 is 2. The van der Waals surface area contributed by atoms with Gasteiger partial charge < -0.3 is 30.1 Å². The largest absolute Gasteiger partial charge is 0.496 e. The van der Waals surface area contributed by atoms with Gasteiger partial charge in [0.15, 0.2) is 0 Å². The maximum Gasteiger partial charge on any atom is 0.304 e. The number of amides is 1. The van der Waals surface area contributed by atoms with Crippen LogP contribution < -0.4 is 20.1 Å². The van der Waals surface area contributed by atoms with Crippen LogP contribution in [-0.4, -0.2) is 71.7 Å². The van der Waals surface area contributed by atoms with Crippen LogP contribution in [0.15, 0.2) is 60.8 Å². The van der Waals surface area contributed by atoms with E-state index in [9.17, 15) is 9.59 Å². The van der Waals surface area contributed by atoms with Crippen molar-refractivity contribution >= 4 is 35.1 Å². The average molecular weight is 693 g/mol. The van der Waals surface area contributed by atoms with Crippen molar-refractivity contribution in [3.05, 3.63) is 82.0 Å². The number of carboxylic acids is 1. The van der Waals surface area contributed by atoms with Crippen molar-refractivity contribution in [3.63, 3.8) is 0 Å². The Morgan fingerprint density at radius 3 is 2.38 bits per heavy atom. The summed E-state index contributed by atoms with van der Waals surface area (Å²) in [5.41, 5.74) is 6.01. The number of piperidine rings is 1. The summed E-state index contributed by atoms with van der Waals surface area (Å²) >= 11 is 14.1. The number of aromatic nitrogens is 2. The highest BCUT2D eigenvalue weighted by Gasteiger charge is 2.22. The topological polar surface area (TPSA) is 126 Å². The van der Waals surface area contributed by atoms with Crippen LogP contribution in [0.1, 0.15) is 37.3 Å². The Kier molecular flexibility index (Phi) is 11.9. The Bertz CT molecular complexity index is 1780. The summed E-state index contributed by atoms with van der Waals surface area (Å²) < 4.78 is 11.3. The first-order valence-electron chi connectivity index (χ1n) is 15.8. The van der Waals surface area contributed by atoms with E-state index in [1.807, 2.05) is 59.5 Å². The van der Waals surface area contributed by atoms with Crippen molar-refractivity contribution in [3.8, 4) is 45.3 Å². The monoisotopic (exact) mass is 691 g/mol. The normalized spacial score (nSPS) is 13.4. The summed E-state index contributed by atoms with van der Waals surface area (Å²) in [7, 11) is 3.19. The molecule has 12 heteroatoms. The molecule has 0 unspecified atom stereocenters. The summed E-state index contributed by atoms with van der Waals surface area (Å²) in [6.07, 6.45) is 3.54. The van der Waals surface area contributed by atoms with Crippen molar-refractivity contribution in [2.45, 2.75) is 45.3 Å². The Labute approximate surface area is 290 Å². The predicted molar refractivity (Wildman–Crippen MR) is 188 cm³/mol. The fourth-order valence-corrected chi connectivity index (χ4v) is 6.48. The third-order valence-electron chi connectivity index (χ3n) is 8.50. The molecule has 1 amide bonds. The van der Waals surface area contributed by atoms with Gasteiger partial charge in [-0.15, -0.1) is 0 Å². The molecular weight excluding hydrogens is 653 g/mol. The molecule has 48 heavy (non-hydrogen) atoms. The fourth-order valence-electron chi connectivity index (χ4n) is 5.83. The van der Waals surface area contributed by atoms with E-state index in [1.165, 1.54) is 0 Å². The number of rotatable bonds is 13. The molecule has 0 saturated carbocycles. The Morgan fingerprint density at radius 2 is 1.67 bits per heavy atom. The number of benzene rings is 2. The van der Waals surface area contributed by atoms with E-state index in [4.69, 9.17) is 42.8 Å². The standard InChI is InChI=1S/C36H39Cl2N5O5/c1-22(44)43-17-13-26(14-18-43)41-21-25-9-10-30(42-36(25)48-3)29-6-4-5-27(33(29)37)28-11-16-40-35(34(28)38)23-7-8-24(31(19-23)47-2)20-39-15-12-32(45)46/h4-11,16,19,26,39,41H,12-15,17-18,20-21H2,1-3H3,(H,45,46). The van der Waals surface area contributed by atoms with Crippen LogP contribution in [-0.2, 0) is 22.7 Å². The van der Waals surface area contributed by atoms with Crippen LogP contribution >= 0.6 is 23.2 Å². The second-order valence-electron chi connectivity index (χ2n) is 11.6. The third kappa shape index (κ3) is 8.25. The lowest BCUT2D eigenvalue weighted by atomic mass is 9.99. The van der Waals surface area contributed by atoms with E-state index in [0.29, 0.717) is 58.7 Å². The number of carbonyl (C=O) groups excluding carboxylic acids is 1. The molecule has 2 aromatic carbocycles. The van der Waals surface area contributed by atoms with E-state index < -0.39 is 5.97 Å². The summed E-state index contributed by atoms with van der Waals surface area (Å²) in [5.74, 6) is 0.419. The van der Waals surface area contributed by atoms with Gasteiger partial charge in [-0.05, 0) is 31.0 Å². The maximum atomic E-state index is 11.7. The van der Waals surface area contributed by atoms with Crippen molar-refractivity contribution in [2.24, 2.45) is 0 Å². The van der Waals surface area contributed by atoms with Gasteiger partial charge in [0.1, 0.15) is 5.75 Å². The molecule has 1 aliphatic rings. The van der Waals surface area contributed by atoms with E-state index in [1.54, 1.807) is 27.3 Å². The molecule has 0 aliphatic carbocycles. The van der Waals surface area contributed by atoms with Gasteiger partial charge in [0.2, 0.25) is 11.8 Å². The number of ether oxygens (including phenoxy) is 2. The summed E-state index contributed by atoms with van der Waals surface area (Å²) in [6.45, 7) is 4.53. The number of hydrogen-bond acceptors (Lipinski definition) is 8. The molecule has 1 fully saturated rings. The van der Waals surface area contributed by atoms with Crippen molar-refractivity contribution in [1.82, 2.24) is 25.5 Å². The highest BCUT2D eigenvalue weighted by Crippen LogP contribution is 2.42. The van der Waals surface area contributed by atoms with Gasteiger partial charge in [-0.3, -0.25) is 14.6 Å². The molecule has 1 saturated heterocycles. The summed E-state index contributed by atoms with van der Waals surface area (Å²) in [4.78, 5) is 33.8. The number of likely N-dealkylation sites (tertiary alicyclic amines) is 1. The van der Waals surface area contributed by atoms with Crippen molar-refractivity contribution < 1.29 is 24.2 Å². The molecule has 0 spiro atoms. The molecule has 252 valence electrons. The van der Waals surface area contributed by atoms with Gasteiger partial charge in [-0.25, -0.2) is 4.98 Å². The highest BCUT2D eigenvalue weighted by atomic mass is 35.5. The molecule has 3 heterocycles. The summed E-state index contributed by atoms with van der Waals surface area (Å²) in [6, 6.07) is 17.5. The lowest BCUT2D eigenvalue weighted by Crippen LogP contribution is -2.44. The lowest BCUT2D eigenvalue weighted by Gasteiger charge is -2.31. The molecule has 2 aromatic heterocycles. The minimum atomic E-state index is -0.853. The maximum absolute atomic E-state index is 11.7. The quantitative estimate of drug-likeness (QED) is 0.135. The van der Waals surface area contributed by atoms with Gasteiger partial charge in [0.25, 0.3) is 0 Å². The average Bonchev–Trinajstić information content (AvgIpc) is 3.09. The predicted octanol–water partition coefficient (Wildman–Crippen LogP) is 6.47. The molecule has 4 aromatic rings. The van der Waals surface area contributed by atoms with Gasteiger partial charge in [0.05, 0.1) is 42.1 Å². The zero-order valence-corrected chi connectivity index (χ0v) is 28.7. The molecule has 0 radical (unpaired) electrons. The first-order valence-corrected chi connectivity index (χ1v) is 16.5. The number of nitrogens with one attached hydrogen (secondary N) is 2. The fraction of sp³-hybridized carbons (Fsp3) is 0.333. The van der Waals surface area contributed by atoms with Crippen LogP contribution in [0.25, 0.3) is 33.6 Å². The van der Waals surface area contributed by atoms with Gasteiger partial charge in [0, 0.05) is 85.3 Å². The first kappa shape index (κ1) is 35.1.